The summed E-state index contributed by atoms with van der Waals surface area (Å²) >= 11 is 0. The van der Waals surface area contributed by atoms with Crippen LogP contribution in [0.15, 0.2) is 91.0 Å². The molecule has 3 rings (SSSR count). The Morgan fingerprint density at radius 2 is 1.04 bits per heavy atom. The molecular weight excluding hydrogens is 284 g/mol. The molecular formula is C21H18O2. The normalized spacial score (nSPS) is 12.8. The second kappa shape index (κ2) is 6.78. The van der Waals surface area contributed by atoms with Crippen LogP contribution < -0.4 is 0 Å². The molecule has 1 unspecified atom stereocenters. The first kappa shape index (κ1) is 15.5. The van der Waals surface area contributed by atoms with Crippen LogP contribution in [-0.2, 0) is 15.8 Å². The van der Waals surface area contributed by atoms with E-state index in [4.69, 9.17) is 0 Å². The first-order valence-electron chi connectivity index (χ1n) is 7.72. The van der Waals surface area contributed by atoms with Gasteiger partial charge in [-0.05, 0) is 16.7 Å². The Balaban J connectivity index is 2.00. The highest BCUT2D eigenvalue weighted by Crippen LogP contribution is 2.38. The van der Waals surface area contributed by atoms with E-state index in [1.807, 2.05) is 54.6 Å². The molecule has 3 aromatic rings. The van der Waals surface area contributed by atoms with Crippen LogP contribution in [0.2, 0.25) is 0 Å². The van der Waals surface area contributed by atoms with Crippen molar-refractivity contribution in [3.8, 4) is 0 Å². The molecule has 2 heteroatoms. The summed E-state index contributed by atoms with van der Waals surface area (Å²) in [6.45, 7) is 0. The average Bonchev–Trinajstić information content (AvgIpc) is 2.64. The lowest BCUT2D eigenvalue weighted by atomic mass is 9.81. The Labute approximate surface area is 136 Å². The van der Waals surface area contributed by atoms with Crippen molar-refractivity contribution in [2.75, 3.05) is 0 Å². The third kappa shape index (κ3) is 3.34. The molecule has 1 atom stereocenters. The molecule has 0 amide bonds. The van der Waals surface area contributed by atoms with Gasteiger partial charge < -0.3 is 0 Å². The van der Waals surface area contributed by atoms with Crippen molar-refractivity contribution in [1.82, 2.24) is 0 Å². The van der Waals surface area contributed by atoms with Gasteiger partial charge in [-0.25, -0.2) is 10.2 Å². The van der Waals surface area contributed by atoms with Crippen LogP contribution in [0.5, 0.6) is 0 Å². The van der Waals surface area contributed by atoms with E-state index in [9.17, 15) is 10.2 Å². The third-order valence-corrected chi connectivity index (χ3v) is 4.12. The lowest BCUT2D eigenvalue weighted by molar-refractivity contribution is -0.0554. The van der Waals surface area contributed by atoms with Crippen LogP contribution in [-0.4, -0.2) is 0 Å². The maximum Gasteiger partial charge on any atom is 0.156 e. The zero-order valence-electron chi connectivity index (χ0n) is 12.8. The summed E-state index contributed by atoms with van der Waals surface area (Å²) in [5.41, 5.74) is 0.357. The van der Waals surface area contributed by atoms with E-state index >= 15 is 0 Å². The average molecular weight is 302 g/mol. The molecule has 2 radical (unpaired) electrons. The molecule has 0 spiro atoms. The van der Waals surface area contributed by atoms with Crippen molar-refractivity contribution in [3.63, 3.8) is 0 Å². The largest absolute Gasteiger partial charge is 0.228 e. The molecule has 3 aromatic carbocycles. The van der Waals surface area contributed by atoms with Gasteiger partial charge in [0.2, 0.25) is 0 Å². The number of hydrogen-bond acceptors (Lipinski definition) is 0. The van der Waals surface area contributed by atoms with E-state index in [0.717, 1.165) is 0 Å². The summed E-state index contributed by atoms with van der Waals surface area (Å²) in [4.78, 5) is 0. The minimum Gasteiger partial charge on any atom is -0.228 e. The molecule has 114 valence electrons. The number of hydrogen-bond donors (Lipinski definition) is 0. The quantitative estimate of drug-likeness (QED) is 0.641. The Morgan fingerprint density at radius 1 is 0.652 bits per heavy atom. The lowest BCUT2D eigenvalue weighted by Gasteiger charge is -2.28. The molecule has 2 nitrogen and oxygen atoms in total. The molecule has 0 aliphatic carbocycles. The zero-order chi connectivity index (χ0) is 16.1. The van der Waals surface area contributed by atoms with Crippen LogP contribution in [0, 0.1) is 0 Å². The zero-order valence-corrected chi connectivity index (χ0v) is 12.8. The second-order valence-electron chi connectivity index (χ2n) is 5.66. The van der Waals surface area contributed by atoms with Gasteiger partial charge in [0.1, 0.15) is 6.10 Å². The van der Waals surface area contributed by atoms with Crippen LogP contribution in [0.1, 0.15) is 29.2 Å². The minimum absolute atomic E-state index is 0.0228. The Bertz CT molecular complexity index is 684. The third-order valence-electron chi connectivity index (χ3n) is 4.12. The highest BCUT2D eigenvalue weighted by Gasteiger charge is 2.37. The summed E-state index contributed by atoms with van der Waals surface area (Å²) in [7, 11) is 0. The topological polar surface area (TPSA) is 39.8 Å². The molecule has 0 saturated heterocycles. The molecule has 0 aliphatic heterocycles. The molecule has 0 aliphatic rings. The standard InChI is InChI=1S/C21H18O2/c22-20(17-10-4-1-5-11-17)16-21(23,18-12-6-2-7-13-18)19-14-8-3-9-15-19/h1-15,20H,16H2. The fourth-order valence-corrected chi connectivity index (χ4v) is 2.86. The maximum atomic E-state index is 13.7. The fraction of sp³-hybridized carbons (Fsp3) is 0.143. The van der Waals surface area contributed by atoms with Gasteiger partial charge in [-0.15, -0.1) is 0 Å². The van der Waals surface area contributed by atoms with Crippen molar-refractivity contribution >= 4 is 0 Å². The molecule has 23 heavy (non-hydrogen) atoms. The predicted molar refractivity (Wildman–Crippen MR) is 88.8 cm³/mol. The second-order valence-corrected chi connectivity index (χ2v) is 5.66. The smallest absolute Gasteiger partial charge is 0.156 e. The van der Waals surface area contributed by atoms with E-state index in [1.54, 1.807) is 36.4 Å². The molecule has 0 aromatic heterocycles. The maximum absolute atomic E-state index is 13.7. The monoisotopic (exact) mass is 302 g/mol. The molecule has 0 N–H and O–H groups in total. The van der Waals surface area contributed by atoms with Crippen molar-refractivity contribution in [2.24, 2.45) is 0 Å². The summed E-state index contributed by atoms with van der Waals surface area (Å²) in [6.07, 6.45) is -1.08. The Morgan fingerprint density at radius 3 is 1.48 bits per heavy atom. The van der Waals surface area contributed by atoms with Crippen molar-refractivity contribution in [1.29, 1.82) is 0 Å². The van der Waals surface area contributed by atoms with Crippen LogP contribution in [0.4, 0.5) is 0 Å². The van der Waals surface area contributed by atoms with Crippen molar-refractivity contribution in [3.05, 3.63) is 108 Å². The first-order chi connectivity index (χ1) is 11.2. The van der Waals surface area contributed by atoms with E-state index in [-0.39, 0.29) is 6.42 Å². The molecule has 0 bridgehead atoms. The summed E-state index contributed by atoms with van der Waals surface area (Å²) < 4.78 is 0. The highest BCUT2D eigenvalue weighted by atomic mass is 16.3. The van der Waals surface area contributed by atoms with Gasteiger partial charge >= 0.3 is 0 Å². The van der Waals surface area contributed by atoms with Crippen molar-refractivity contribution < 1.29 is 10.2 Å². The van der Waals surface area contributed by atoms with Crippen LogP contribution in [0.25, 0.3) is 0 Å². The number of benzene rings is 3. The SMILES string of the molecule is [O]C(CC([O])(c1ccccc1)c1ccccc1)c1ccccc1. The van der Waals surface area contributed by atoms with Gasteiger partial charge in [0.05, 0.1) is 0 Å². The van der Waals surface area contributed by atoms with Crippen molar-refractivity contribution in [2.45, 2.75) is 18.1 Å². The lowest BCUT2D eigenvalue weighted by Crippen LogP contribution is -2.28. The van der Waals surface area contributed by atoms with Gasteiger partial charge in [-0.3, -0.25) is 0 Å². The summed E-state index contributed by atoms with van der Waals surface area (Å²) in [5.74, 6) is 0. The van der Waals surface area contributed by atoms with Crippen LogP contribution >= 0.6 is 0 Å². The Hall–Kier alpha value is -2.42. The molecule has 0 saturated carbocycles. The van der Waals surface area contributed by atoms with E-state index in [2.05, 4.69) is 0 Å². The van der Waals surface area contributed by atoms with E-state index in [0.29, 0.717) is 16.7 Å². The summed E-state index contributed by atoms with van der Waals surface area (Å²) in [5, 5.41) is 26.4. The fourth-order valence-electron chi connectivity index (χ4n) is 2.86. The van der Waals surface area contributed by atoms with Gasteiger partial charge in [0.25, 0.3) is 0 Å². The minimum atomic E-state index is -1.55. The Kier molecular flexibility index (Phi) is 4.56. The van der Waals surface area contributed by atoms with E-state index in [1.165, 1.54) is 0 Å². The van der Waals surface area contributed by atoms with Gasteiger partial charge in [-0.1, -0.05) is 91.0 Å². The highest BCUT2D eigenvalue weighted by molar-refractivity contribution is 5.36. The van der Waals surface area contributed by atoms with Gasteiger partial charge in [0, 0.05) is 6.42 Å². The van der Waals surface area contributed by atoms with E-state index < -0.39 is 11.7 Å². The first-order valence-corrected chi connectivity index (χ1v) is 7.72. The van der Waals surface area contributed by atoms with Gasteiger partial charge in [0.15, 0.2) is 5.60 Å². The molecule has 0 fully saturated rings. The van der Waals surface area contributed by atoms with Gasteiger partial charge in [-0.2, -0.15) is 0 Å². The predicted octanol–water partition coefficient (Wildman–Crippen LogP) is 4.92. The summed E-state index contributed by atoms with van der Waals surface area (Å²) in [6, 6.07) is 27.4. The number of rotatable bonds is 5. The molecule has 0 heterocycles. The van der Waals surface area contributed by atoms with Crippen LogP contribution in [0.3, 0.4) is 0 Å².